The third kappa shape index (κ3) is 3.37. The molecule has 0 unspecified atom stereocenters. The van der Waals surface area contributed by atoms with Crippen LogP contribution in [0.3, 0.4) is 0 Å². The van der Waals surface area contributed by atoms with Crippen LogP contribution < -0.4 is 0 Å². The molecule has 7 heteroatoms. The Bertz CT molecular complexity index is 1060. The van der Waals surface area contributed by atoms with E-state index in [1.807, 2.05) is 36.6 Å². The molecular formula is C22H18O3S4. The maximum absolute atomic E-state index is 6.84. The quantitative estimate of drug-likeness (QED) is 0.300. The Kier molecular flexibility index (Phi) is 5.32. The molecule has 0 fully saturated rings. The lowest BCUT2D eigenvalue weighted by Gasteiger charge is -2.43. The fourth-order valence-electron chi connectivity index (χ4n) is 3.38. The number of rotatable bonds is 6. The van der Waals surface area contributed by atoms with Gasteiger partial charge in [0, 0.05) is 6.61 Å². The molecule has 1 aliphatic rings. The van der Waals surface area contributed by atoms with Crippen molar-refractivity contribution in [3.63, 3.8) is 0 Å². The van der Waals surface area contributed by atoms with Gasteiger partial charge in [0.15, 0.2) is 11.5 Å². The minimum absolute atomic E-state index is 0.401. The molecule has 0 saturated heterocycles. The smallest absolute Gasteiger partial charge is 0.289 e. The molecule has 5 heterocycles. The van der Waals surface area contributed by atoms with Gasteiger partial charge < -0.3 is 14.2 Å². The van der Waals surface area contributed by atoms with E-state index in [-0.39, 0.29) is 0 Å². The molecule has 0 N–H and O–H groups in total. The topological polar surface area (TPSA) is 27.7 Å². The Balaban J connectivity index is 1.74. The molecule has 5 rings (SSSR count). The van der Waals surface area contributed by atoms with E-state index in [1.165, 1.54) is 0 Å². The third-order valence-corrected chi connectivity index (χ3v) is 8.18. The minimum Gasteiger partial charge on any atom is -0.472 e. The predicted molar refractivity (Wildman–Crippen MR) is 122 cm³/mol. The average molecular weight is 459 g/mol. The number of hydrogen-bond donors (Lipinski definition) is 0. The van der Waals surface area contributed by atoms with Crippen LogP contribution in [0.5, 0.6) is 0 Å². The zero-order valence-corrected chi connectivity index (χ0v) is 18.8. The Labute approximate surface area is 185 Å². The van der Waals surface area contributed by atoms with Crippen LogP contribution in [0.4, 0.5) is 0 Å². The fourth-order valence-corrected chi connectivity index (χ4v) is 6.42. The molecule has 29 heavy (non-hydrogen) atoms. The summed E-state index contributed by atoms with van der Waals surface area (Å²) in [7, 11) is 0. The molecule has 0 radical (unpaired) electrons. The standard InChI is InChI=1S/C22H18O3S4/c1-2-23-22(18-10-6-14-29-18)21(17-9-5-13-28-17)24-19(15-7-3-11-26-15)20(25-22)16-8-4-12-27-16/h3-14,21H,2H2,1H3/t21-,22+/m0/s1. The first-order valence-electron chi connectivity index (χ1n) is 9.21. The maximum atomic E-state index is 6.84. The largest absolute Gasteiger partial charge is 0.472 e. The molecule has 4 aromatic rings. The van der Waals surface area contributed by atoms with Crippen molar-refractivity contribution in [2.75, 3.05) is 6.61 Å². The van der Waals surface area contributed by atoms with Gasteiger partial charge in [0.05, 0.1) is 19.5 Å². The molecular weight excluding hydrogens is 441 g/mol. The first-order valence-corrected chi connectivity index (χ1v) is 12.7. The Morgan fingerprint density at radius 3 is 2.07 bits per heavy atom. The molecule has 0 aromatic carbocycles. The highest BCUT2D eigenvalue weighted by molar-refractivity contribution is 7.12. The molecule has 0 aliphatic carbocycles. The average Bonchev–Trinajstić information content (AvgIpc) is 3.55. The summed E-state index contributed by atoms with van der Waals surface area (Å²) in [6.07, 6.45) is -0.401. The van der Waals surface area contributed by atoms with E-state index in [4.69, 9.17) is 14.2 Å². The van der Waals surface area contributed by atoms with Gasteiger partial charge in [0.1, 0.15) is 0 Å². The van der Waals surface area contributed by atoms with E-state index in [1.54, 1.807) is 45.3 Å². The van der Waals surface area contributed by atoms with Crippen molar-refractivity contribution in [1.29, 1.82) is 0 Å². The van der Waals surface area contributed by atoms with Crippen molar-refractivity contribution in [2.24, 2.45) is 0 Å². The summed E-state index contributed by atoms with van der Waals surface area (Å²) in [6, 6.07) is 16.4. The highest BCUT2D eigenvalue weighted by Crippen LogP contribution is 2.55. The molecule has 0 bridgehead atoms. The summed E-state index contributed by atoms with van der Waals surface area (Å²) in [5.74, 6) is 0.471. The molecule has 0 amide bonds. The van der Waals surface area contributed by atoms with Crippen LogP contribution in [0, 0.1) is 0 Å². The Morgan fingerprint density at radius 1 is 0.828 bits per heavy atom. The monoisotopic (exact) mass is 458 g/mol. The molecule has 1 aliphatic heterocycles. The van der Waals surface area contributed by atoms with E-state index in [0.29, 0.717) is 6.61 Å². The summed E-state index contributed by atoms with van der Waals surface area (Å²) in [5, 5.41) is 8.22. The van der Waals surface area contributed by atoms with E-state index in [0.717, 1.165) is 31.0 Å². The second-order valence-corrected chi connectivity index (χ2v) is 10.1. The number of ether oxygens (including phenoxy) is 3. The molecule has 3 nitrogen and oxygen atoms in total. The maximum Gasteiger partial charge on any atom is 0.289 e. The molecule has 4 aromatic heterocycles. The first kappa shape index (κ1) is 19.1. The number of thiophene rings is 4. The zero-order valence-electron chi connectivity index (χ0n) is 15.6. The van der Waals surface area contributed by atoms with Gasteiger partial charge in [-0.2, -0.15) is 0 Å². The molecule has 0 saturated carbocycles. The van der Waals surface area contributed by atoms with Gasteiger partial charge in [-0.05, 0) is 52.7 Å². The van der Waals surface area contributed by atoms with Crippen LogP contribution in [0.25, 0.3) is 11.5 Å². The summed E-state index contributed by atoms with van der Waals surface area (Å²) >= 11 is 6.57. The number of hydrogen-bond acceptors (Lipinski definition) is 7. The predicted octanol–water partition coefficient (Wildman–Crippen LogP) is 7.44. The summed E-state index contributed by atoms with van der Waals surface area (Å²) in [6.45, 7) is 2.50. The van der Waals surface area contributed by atoms with Crippen LogP contribution in [-0.2, 0) is 20.0 Å². The third-order valence-electron chi connectivity index (χ3n) is 4.56. The van der Waals surface area contributed by atoms with Crippen LogP contribution in [-0.4, -0.2) is 6.61 Å². The van der Waals surface area contributed by atoms with Gasteiger partial charge in [-0.3, -0.25) is 0 Å². The minimum atomic E-state index is -1.03. The Hall–Kier alpha value is -1.90. The summed E-state index contributed by atoms with van der Waals surface area (Å²) in [4.78, 5) is 4.15. The van der Waals surface area contributed by atoms with Crippen LogP contribution >= 0.6 is 45.3 Å². The van der Waals surface area contributed by atoms with Gasteiger partial charge in [-0.25, -0.2) is 0 Å². The SMILES string of the molecule is CCO[C@]1(c2cccs2)OC(c2cccs2)=C(c2cccs2)O[C@H]1c1cccs1. The van der Waals surface area contributed by atoms with E-state index in [2.05, 4.69) is 40.4 Å². The van der Waals surface area contributed by atoms with E-state index in [9.17, 15) is 0 Å². The lowest BCUT2D eigenvalue weighted by atomic mass is 10.0. The first-order chi connectivity index (χ1) is 14.3. The van der Waals surface area contributed by atoms with Gasteiger partial charge >= 0.3 is 0 Å². The molecule has 2 atom stereocenters. The van der Waals surface area contributed by atoms with E-state index >= 15 is 0 Å². The van der Waals surface area contributed by atoms with Crippen LogP contribution in [0.15, 0.2) is 70.1 Å². The van der Waals surface area contributed by atoms with Crippen LogP contribution in [0.2, 0.25) is 0 Å². The highest BCUT2D eigenvalue weighted by Gasteiger charge is 2.53. The van der Waals surface area contributed by atoms with Crippen molar-refractivity contribution in [1.82, 2.24) is 0 Å². The Morgan fingerprint density at radius 2 is 1.48 bits per heavy atom. The van der Waals surface area contributed by atoms with Crippen molar-refractivity contribution in [3.05, 3.63) is 89.6 Å². The van der Waals surface area contributed by atoms with Gasteiger partial charge in [-0.15, -0.1) is 45.3 Å². The lowest BCUT2D eigenvalue weighted by Crippen LogP contribution is -2.42. The van der Waals surface area contributed by atoms with Gasteiger partial charge in [0.2, 0.25) is 6.10 Å². The van der Waals surface area contributed by atoms with Crippen molar-refractivity contribution >= 4 is 56.9 Å². The molecule has 0 spiro atoms. The van der Waals surface area contributed by atoms with Gasteiger partial charge in [0.25, 0.3) is 5.79 Å². The lowest BCUT2D eigenvalue weighted by molar-refractivity contribution is -0.268. The van der Waals surface area contributed by atoms with Crippen LogP contribution in [0.1, 0.15) is 32.5 Å². The highest BCUT2D eigenvalue weighted by atomic mass is 32.1. The second kappa shape index (κ2) is 8.08. The second-order valence-electron chi connectivity index (χ2n) is 6.31. The van der Waals surface area contributed by atoms with Gasteiger partial charge in [-0.1, -0.05) is 24.3 Å². The summed E-state index contributed by atoms with van der Waals surface area (Å²) in [5.41, 5.74) is 0. The summed E-state index contributed by atoms with van der Waals surface area (Å²) < 4.78 is 20.0. The normalized spacial score (nSPS) is 21.8. The van der Waals surface area contributed by atoms with E-state index < -0.39 is 11.9 Å². The molecule has 148 valence electrons. The van der Waals surface area contributed by atoms with Crippen molar-refractivity contribution in [3.8, 4) is 0 Å². The van der Waals surface area contributed by atoms with Crippen molar-refractivity contribution < 1.29 is 14.2 Å². The van der Waals surface area contributed by atoms with Crippen molar-refractivity contribution in [2.45, 2.75) is 18.8 Å². The zero-order chi connectivity index (χ0) is 19.7. The fraction of sp³-hybridized carbons (Fsp3) is 0.182.